The summed E-state index contributed by atoms with van der Waals surface area (Å²) in [7, 11) is 1.99. The monoisotopic (exact) mass is 383 g/mol. The summed E-state index contributed by atoms with van der Waals surface area (Å²) in [4.78, 5) is 9.98. The Hall–Kier alpha value is -1.89. The summed E-state index contributed by atoms with van der Waals surface area (Å²) in [6.07, 6.45) is 2.19. The Labute approximate surface area is 165 Å². The van der Waals surface area contributed by atoms with Crippen LogP contribution in [0.15, 0.2) is 29.8 Å². The predicted molar refractivity (Wildman–Crippen MR) is 116 cm³/mol. The second-order valence-electron chi connectivity index (χ2n) is 7.17. The molecule has 0 aliphatic carbocycles. The number of fused-ring (bicyclic) bond motifs is 1. The van der Waals surface area contributed by atoms with Gasteiger partial charge in [0.1, 0.15) is 5.01 Å². The van der Waals surface area contributed by atoms with E-state index in [0.717, 1.165) is 37.7 Å². The fourth-order valence-electron chi connectivity index (χ4n) is 3.90. The summed E-state index contributed by atoms with van der Waals surface area (Å²) >= 11 is 1.76. The van der Waals surface area contributed by atoms with Crippen LogP contribution in [0.3, 0.4) is 0 Å². The lowest BCUT2D eigenvalue weighted by Gasteiger charge is -2.33. The molecule has 27 heavy (non-hydrogen) atoms. The summed E-state index contributed by atoms with van der Waals surface area (Å²) < 4.78 is 2.29. The average Bonchev–Trinajstić information content (AvgIpc) is 3.32. The third-order valence-corrected chi connectivity index (χ3v) is 6.53. The van der Waals surface area contributed by atoms with Crippen LogP contribution in [0.4, 0.5) is 5.69 Å². The van der Waals surface area contributed by atoms with E-state index < -0.39 is 0 Å². The molecule has 0 radical (unpaired) electrons. The van der Waals surface area contributed by atoms with Gasteiger partial charge in [0, 0.05) is 68.8 Å². The van der Waals surface area contributed by atoms with Gasteiger partial charge in [0.2, 0.25) is 0 Å². The maximum absolute atomic E-state index is 4.94. The van der Waals surface area contributed by atoms with E-state index in [2.05, 4.69) is 63.3 Å². The number of benzene rings is 1. The lowest BCUT2D eigenvalue weighted by molar-refractivity contribution is 0.131. The lowest BCUT2D eigenvalue weighted by atomic mass is 10.1. The van der Waals surface area contributed by atoms with Crippen molar-refractivity contribution in [2.24, 2.45) is 0 Å². The summed E-state index contributed by atoms with van der Waals surface area (Å²) in [5.74, 6) is 0. The SMILES string of the molecule is CCN1CCN(Cc2csc(-c3ccc4c(c3)c(NC)cn4CC)n2)CC1. The summed E-state index contributed by atoms with van der Waals surface area (Å²) in [6, 6.07) is 6.70. The Kier molecular flexibility index (Phi) is 5.48. The van der Waals surface area contributed by atoms with E-state index in [1.54, 1.807) is 11.3 Å². The van der Waals surface area contributed by atoms with E-state index in [4.69, 9.17) is 4.98 Å². The van der Waals surface area contributed by atoms with Crippen LogP contribution in [-0.4, -0.2) is 59.1 Å². The summed E-state index contributed by atoms with van der Waals surface area (Å²) in [5, 5.41) is 7.93. The summed E-state index contributed by atoms with van der Waals surface area (Å²) in [5.41, 5.74) is 4.86. The number of piperazine rings is 1. The van der Waals surface area contributed by atoms with E-state index in [1.807, 2.05) is 7.05 Å². The number of hydrogen-bond donors (Lipinski definition) is 1. The van der Waals surface area contributed by atoms with Crippen molar-refractivity contribution in [2.75, 3.05) is 45.1 Å². The topological polar surface area (TPSA) is 36.3 Å². The minimum Gasteiger partial charge on any atom is -0.386 e. The highest BCUT2D eigenvalue weighted by molar-refractivity contribution is 7.13. The molecule has 2 aromatic heterocycles. The molecule has 0 bridgehead atoms. The zero-order valence-electron chi connectivity index (χ0n) is 16.5. The normalized spacial score (nSPS) is 16.3. The smallest absolute Gasteiger partial charge is 0.123 e. The minimum atomic E-state index is 0.963. The van der Waals surface area contributed by atoms with Gasteiger partial charge in [-0.15, -0.1) is 11.3 Å². The molecule has 1 N–H and O–H groups in total. The molecule has 6 heteroatoms. The second kappa shape index (κ2) is 8.00. The van der Waals surface area contributed by atoms with Crippen molar-refractivity contribution >= 4 is 27.9 Å². The first-order chi connectivity index (χ1) is 13.2. The first kappa shape index (κ1) is 18.5. The van der Waals surface area contributed by atoms with Crippen LogP contribution in [0.5, 0.6) is 0 Å². The molecule has 144 valence electrons. The van der Waals surface area contributed by atoms with Gasteiger partial charge >= 0.3 is 0 Å². The van der Waals surface area contributed by atoms with Gasteiger partial charge in [-0.3, -0.25) is 4.90 Å². The maximum Gasteiger partial charge on any atom is 0.123 e. The van der Waals surface area contributed by atoms with Crippen LogP contribution in [0, 0.1) is 0 Å². The maximum atomic E-state index is 4.94. The molecule has 1 saturated heterocycles. The molecule has 3 heterocycles. The van der Waals surface area contributed by atoms with Crippen molar-refractivity contribution in [3.63, 3.8) is 0 Å². The minimum absolute atomic E-state index is 0.963. The lowest BCUT2D eigenvalue weighted by Crippen LogP contribution is -2.45. The zero-order chi connectivity index (χ0) is 18.8. The van der Waals surface area contributed by atoms with Crippen molar-refractivity contribution in [3.05, 3.63) is 35.5 Å². The Morgan fingerprint density at radius 3 is 2.56 bits per heavy atom. The van der Waals surface area contributed by atoms with Crippen molar-refractivity contribution < 1.29 is 0 Å². The highest BCUT2D eigenvalue weighted by atomic mass is 32.1. The Morgan fingerprint density at radius 2 is 1.85 bits per heavy atom. The van der Waals surface area contributed by atoms with Crippen LogP contribution in [-0.2, 0) is 13.1 Å². The van der Waals surface area contributed by atoms with Crippen LogP contribution in [0.2, 0.25) is 0 Å². The highest BCUT2D eigenvalue weighted by Gasteiger charge is 2.17. The number of hydrogen-bond acceptors (Lipinski definition) is 5. The van der Waals surface area contributed by atoms with Crippen molar-refractivity contribution in [2.45, 2.75) is 26.9 Å². The van der Waals surface area contributed by atoms with Crippen LogP contribution < -0.4 is 5.32 Å². The fraction of sp³-hybridized carbons (Fsp3) is 0.476. The van der Waals surface area contributed by atoms with Gasteiger partial charge in [-0.2, -0.15) is 0 Å². The molecular weight excluding hydrogens is 354 g/mol. The Bertz CT molecular complexity index is 905. The molecular formula is C21H29N5S. The number of nitrogens with zero attached hydrogens (tertiary/aromatic N) is 4. The van der Waals surface area contributed by atoms with Crippen LogP contribution in [0.1, 0.15) is 19.5 Å². The van der Waals surface area contributed by atoms with Gasteiger partial charge in [0.05, 0.1) is 16.9 Å². The molecule has 3 aromatic rings. The number of likely N-dealkylation sites (N-methyl/N-ethyl adjacent to an activating group) is 1. The molecule has 1 aliphatic heterocycles. The molecule has 1 aromatic carbocycles. The molecule has 0 saturated carbocycles. The van der Waals surface area contributed by atoms with Crippen molar-refractivity contribution in [1.82, 2.24) is 19.4 Å². The van der Waals surface area contributed by atoms with Crippen LogP contribution in [0.25, 0.3) is 21.5 Å². The van der Waals surface area contributed by atoms with Gasteiger partial charge in [-0.25, -0.2) is 4.98 Å². The Balaban J connectivity index is 1.53. The van der Waals surface area contributed by atoms with E-state index in [1.165, 1.54) is 40.9 Å². The van der Waals surface area contributed by atoms with Crippen molar-refractivity contribution in [3.8, 4) is 10.6 Å². The van der Waals surface area contributed by atoms with Gasteiger partial charge in [0.15, 0.2) is 0 Å². The molecule has 1 aliphatic rings. The number of aromatic nitrogens is 2. The summed E-state index contributed by atoms with van der Waals surface area (Å²) in [6.45, 7) is 12.1. The molecule has 0 unspecified atom stereocenters. The van der Waals surface area contributed by atoms with Gasteiger partial charge in [-0.05, 0) is 31.7 Å². The van der Waals surface area contributed by atoms with E-state index in [0.29, 0.717) is 0 Å². The number of nitrogens with one attached hydrogen (secondary N) is 1. The second-order valence-corrected chi connectivity index (χ2v) is 8.02. The van der Waals surface area contributed by atoms with Crippen LogP contribution >= 0.6 is 11.3 Å². The van der Waals surface area contributed by atoms with Gasteiger partial charge in [0.25, 0.3) is 0 Å². The van der Waals surface area contributed by atoms with E-state index in [9.17, 15) is 0 Å². The Morgan fingerprint density at radius 1 is 1.07 bits per heavy atom. The van der Waals surface area contributed by atoms with Gasteiger partial charge in [-0.1, -0.05) is 6.92 Å². The first-order valence-electron chi connectivity index (χ1n) is 9.92. The standard InChI is InChI=1S/C21H29N5S/c1-4-24-8-10-25(11-9-24)13-17-15-27-21(23-17)16-6-7-20-18(12-16)19(22-3)14-26(20)5-2/h6-7,12,14-15,22H,4-5,8-11,13H2,1-3H3. The average molecular weight is 384 g/mol. The van der Waals surface area contributed by atoms with Gasteiger partial charge < -0.3 is 14.8 Å². The molecule has 0 spiro atoms. The number of thiazole rings is 1. The molecule has 1 fully saturated rings. The predicted octanol–water partition coefficient (Wildman–Crippen LogP) is 3.96. The molecule has 5 nitrogen and oxygen atoms in total. The first-order valence-corrected chi connectivity index (χ1v) is 10.8. The van der Waals surface area contributed by atoms with E-state index in [-0.39, 0.29) is 0 Å². The number of rotatable bonds is 6. The zero-order valence-corrected chi connectivity index (χ0v) is 17.4. The number of anilines is 1. The third kappa shape index (κ3) is 3.74. The van der Waals surface area contributed by atoms with E-state index >= 15 is 0 Å². The highest BCUT2D eigenvalue weighted by Crippen LogP contribution is 2.32. The molecule has 4 rings (SSSR count). The fourth-order valence-corrected chi connectivity index (χ4v) is 4.70. The number of aryl methyl sites for hydroxylation is 1. The largest absolute Gasteiger partial charge is 0.386 e. The molecule has 0 amide bonds. The molecule has 0 atom stereocenters. The third-order valence-electron chi connectivity index (χ3n) is 5.59. The quantitative estimate of drug-likeness (QED) is 0.699. The van der Waals surface area contributed by atoms with Crippen molar-refractivity contribution in [1.29, 1.82) is 0 Å².